The van der Waals surface area contributed by atoms with Gasteiger partial charge in [0.2, 0.25) is 0 Å². The van der Waals surface area contributed by atoms with Gasteiger partial charge < -0.3 is 9.64 Å². The van der Waals surface area contributed by atoms with Crippen molar-refractivity contribution < 1.29 is 26.3 Å². The van der Waals surface area contributed by atoms with Crippen molar-refractivity contribution >= 4 is 21.4 Å². The van der Waals surface area contributed by atoms with Crippen LogP contribution >= 0.6 is 0 Å². The van der Waals surface area contributed by atoms with Crippen molar-refractivity contribution in [2.24, 2.45) is 0 Å². The molecular weight excluding hydrogens is 369 g/mol. The first kappa shape index (κ1) is 18.5. The smallest absolute Gasteiger partial charge is 0.378 e. The Labute approximate surface area is 149 Å². The lowest BCUT2D eigenvalue weighted by atomic mass is 10.2. The highest BCUT2D eigenvalue weighted by molar-refractivity contribution is 7.92. The Morgan fingerprint density at radius 2 is 1.58 bits per heavy atom. The first-order valence-electron chi connectivity index (χ1n) is 7.89. The zero-order valence-corrected chi connectivity index (χ0v) is 14.5. The number of nitrogens with zero attached hydrogens (tertiary/aromatic N) is 1. The number of halogens is 3. The summed E-state index contributed by atoms with van der Waals surface area (Å²) in [6.45, 7) is 2.33. The summed E-state index contributed by atoms with van der Waals surface area (Å²) < 4.78 is 70.8. The number of alkyl halides is 3. The highest BCUT2D eigenvalue weighted by Gasteiger charge is 2.30. The average molecular weight is 386 g/mol. The number of rotatable bonds is 4. The summed E-state index contributed by atoms with van der Waals surface area (Å²) in [4.78, 5) is 1.76. The molecule has 9 heteroatoms. The standard InChI is InChI=1S/C17H17F3N2O3S/c18-17(19,20)13-5-7-14(8-6-13)26(23,24)21-15-3-1-2-4-16(15)22-9-11-25-12-10-22/h1-8,21H,9-12H2. The Kier molecular flexibility index (Phi) is 5.10. The molecule has 26 heavy (non-hydrogen) atoms. The first-order valence-corrected chi connectivity index (χ1v) is 9.37. The highest BCUT2D eigenvalue weighted by Crippen LogP contribution is 2.31. The van der Waals surface area contributed by atoms with Crippen molar-refractivity contribution in [2.75, 3.05) is 35.9 Å². The monoisotopic (exact) mass is 386 g/mol. The Hall–Kier alpha value is -2.26. The third-order valence-corrected chi connectivity index (χ3v) is 5.37. The van der Waals surface area contributed by atoms with Crippen LogP contribution < -0.4 is 9.62 Å². The second kappa shape index (κ2) is 7.16. The third-order valence-electron chi connectivity index (χ3n) is 3.99. The molecule has 0 atom stereocenters. The molecule has 0 aliphatic carbocycles. The highest BCUT2D eigenvalue weighted by atomic mass is 32.2. The molecule has 2 aromatic carbocycles. The summed E-state index contributed by atoms with van der Waals surface area (Å²) in [7, 11) is -4.01. The molecule has 0 amide bonds. The van der Waals surface area contributed by atoms with Crippen molar-refractivity contribution in [3.05, 3.63) is 54.1 Å². The predicted molar refractivity (Wildman–Crippen MR) is 91.7 cm³/mol. The number of hydrogen-bond donors (Lipinski definition) is 1. The number of benzene rings is 2. The fourth-order valence-electron chi connectivity index (χ4n) is 2.67. The van der Waals surface area contributed by atoms with Crippen LogP contribution in [0.2, 0.25) is 0 Å². The number of nitrogens with one attached hydrogen (secondary N) is 1. The second-order valence-corrected chi connectivity index (χ2v) is 7.43. The molecule has 1 aliphatic heterocycles. The number of morpholine rings is 1. The van der Waals surface area contributed by atoms with Gasteiger partial charge in [-0.3, -0.25) is 4.72 Å². The van der Waals surface area contributed by atoms with Crippen molar-refractivity contribution in [3.63, 3.8) is 0 Å². The molecule has 1 N–H and O–H groups in total. The van der Waals surface area contributed by atoms with Crippen molar-refractivity contribution in [1.29, 1.82) is 0 Å². The van der Waals surface area contributed by atoms with Crippen LogP contribution in [-0.4, -0.2) is 34.7 Å². The Morgan fingerprint density at radius 1 is 0.962 bits per heavy atom. The Bertz CT molecular complexity index is 862. The number of ether oxygens (including phenoxy) is 1. The van der Waals surface area contributed by atoms with Crippen LogP contribution in [0.3, 0.4) is 0 Å². The molecule has 1 saturated heterocycles. The number of hydrogen-bond acceptors (Lipinski definition) is 4. The molecular formula is C17H17F3N2O3S. The molecule has 2 aromatic rings. The molecule has 3 rings (SSSR count). The van der Waals surface area contributed by atoms with Crippen LogP contribution in [0.25, 0.3) is 0 Å². The lowest BCUT2D eigenvalue weighted by Gasteiger charge is -2.30. The van der Waals surface area contributed by atoms with E-state index in [9.17, 15) is 21.6 Å². The van der Waals surface area contributed by atoms with Crippen LogP contribution in [0.5, 0.6) is 0 Å². The van der Waals surface area contributed by atoms with Crippen LogP contribution in [0.15, 0.2) is 53.4 Å². The minimum atomic E-state index is -4.52. The quantitative estimate of drug-likeness (QED) is 0.876. The van der Waals surface area contributed by atoms with Gasteiger partial charge in [-0.25, -0.2) is 8.42 Å². The Balaban J connectivity index is 1.86. The van der Waals surface area contributed by atoms with Crippen LogP contribution in [0.1, 0.15) is 5.56 Å². The van der Waals surface area contributed by atoms with Gasteiger partial charge in [0.05, 0.1) is 35.0 Å². The van der Waals surface area contributed by atoms with Gasteiger partial charge in [0.15, 0.2) is 0 Å². The molecule has 0 bridgehead atoms. The lowest BCUT2D eigenvalue weighted by molar-refractivity contribution is -0.137. The van der Waals surface area contributed by atoms with Gasteiger partial charge in [0.25, 0.3) is 10.0 Å². The fraction of sp³-hybridized carbons (Fsp3) is 0.294. The van der Waals surface area contributed by atoms with E-state index in [0.717, 1.165) is 24.3 Å². The fourth-order valence-corrected chi connectivity index (χ4v) is 3.74. The summed E-state index contributed by atoms with van der Waals surface area (Å²) >= 11 is 0. The van der Waals surface area contributed by atoms with Gasteiger partial charge in [-0.05, 0) is 36.4 Å². The second-order valence-electron chi connectivity index (χ2n) is 5.74. The number of sulfonamides is 1. The zero-order chi connectivity index (χ0) is 18.8. The van der Waals surface area contributed by atoms with Gasteiger partial charge in [-0.1, -0.05) is 12.1 Å². The van der Waals surface area contributed by atoms with Crippen molar-refractivity contribution in [3.8, 4) is 0 Å². The van der Waals surface area contributed by atoms with Crippen molar-refractivity contribution in [2.45, 2.75) is 11.1 Å². The molecule has 1 heterocycles. The van der Waals surface area contributed by atoms with Gasteiger partial charge in [-0.2, -0.15) is 13.2 Å². The maximum atomic E-state index is 12.6. The summed E-state index contributed by atoms with van der Waals surface area (Å²) in [5.41, 5.74) is 0.172. The molecule has 1 aliphatic rings. The minimum absolute atomic E-state index is 0.234. The third kappa shape index (κ3) is 4.10. The molecule has 5 nitrogen and oxygen atoms in total. The van der Waals surface area contributed by atoms with E-state index in [-0.39, 0.29) is 4.90 Å². The molecule has 1 fully saturated rings. The van der Waals surface area contributed by atoms with Crippen LogP contribution in [0.4, 0.5) is 24.5 Å². The molecule has 0 spiro atoms. The molecule has 0 aromatic heterocycles. The van der Waals surface area contributed by atoms with Crippen LogP contribution in [0, 0.1) is 0 Å². The van der Waals surface area contributed by atoms with E-state index in [1.54, 1.807) is 24.3 Å². The SMILES string of the molecule is O=S(=O)(Nc1ccccc1N1CCOCC1)c1ccc(C(F)(F)F)cc1. The predicted octanol–water partition coefficient (Wildman–Crippen LogP) is 3.34. The van der Waals surface area contributed by atoms with Crippen LogP contribution in [-0.2, 0) is 20.9 Å². The van der Waals surface area contributed by atoms with E-state index in [1.807, 2.05) is 4.90 Å². The van der Waals surface area contributed by atoms with Gasteiger partial charge in [0.1, 0.15) is 0 Å². The lowest BCUT2D eigenvalue weighted by Crippen LogP contribution is -2.36. The summed E-state index contributed by atoms with van der Waals surface area (Å²) in [6.07, 6.45) is -4.52. The Morgan fingerprint density at radius 3 is 2.19 bits per heavy atom. The normalized spacial score (nSPS) is 15.7. The molecule has 140 valence electrons. The largest absolute Gasteiger partial charge is 0.416 e. The van der Waals surface area contributed by atoms with E-state index in [2.05, 4.69) is 4.72 Å². The van der Waals surface area contributed by atoms with E-state index in [4.69, 9.17) is 4.74 Å². The maximum Gasteiger partial charge on any atom is 0.416 e. The molecule has 0 unspecified atom stereocenters. The van der Waals surface area contributed by atoms with Gasteiger partial charge >= 0.3 is 6.18 Å². The van der Waals surface area contributed by atoms with Gasteiger partial charge in [-0.15, -0.1) is 0 Å². The first-order chi connectivity index (χ1) is 12.3. The average Bonchev–Trinajstić information content (AvgIpc) is 2.62. The maximum absolute atomic E-state index is 12.6. The summed E-state index contributed by atoms with van der Waals surface area (Å²) in [5, 5.41) is 0. The number of anilines is 2. The molecule has 0 radical (unpaired) electrons. The van der Waals surface area contributed by atoms with Crippen molar-refractivity contribution in [1.82, 2.24) is 0 Å². The minimum Gasteiger partial charge on any atom is -0.378 e. The summed E-state index contributed by atoms with van der Waals surface area (Å²) in [6, 6.07) is 10.3. The van der Waals surface area contributed by atoms with Gasteiger partial charge in [0, 0.05) is 13.1 Å². The zero-order valence-electron chi connectivity index (χ0n) is 13.7. The van der Waals surface area contributed by atoms with E-state index in [1.165, 1.54) is 0 Å². The van der Waals surface area contributed by atoms with E-state index < -0.39 is 21.8 Å². The topological polar surface area (TPSA) is 58.6 Å². The number of para-hydroxylation sites is 2. The summed E-state index contributed by atoms with van der Waals surface area (Å²) in [5.74, 6) is 0. The molecule has 0 saturated carbocycles. The van der Waals surface area contributed by atoms with E-state index in [0.29, 0.717) is 37.7 Å². The van der Waals surface area contributed by atoms with E-state index >= 15 is 0 Å².